The standard InChI is InChI=1S/C20H19N5O/c1-25-18-7-2-12(8-17(18)23-20(25)13-3-4-13)9-19(26)22-15-6-5-14-11-21-24-16(14)10-15/h2,5-8,10-11,13H,3-4,9H2,1H3,(H,21,24)(H,22,26). The number of anilines is 1. The van der Waals surface area contributed by atoms with Gasteiger partial charge in [0.2, 0.25) is 5.91 Å². The zero-order valence-corrected chi connectivity index (χ0v) is 14.5. The molecule has 6 heteroatoms. The Morgan fingerprint density at radius 1 is 1.27 bits per heavy atom. The summed E-state index contributed by atoms with van der Waals surface area (Å²) in [6, 6.07) is 11.8. The van der Waals surface area contributed by atoms with Gasteiger partial charge in [-0.15, -0.1) is 0 Å². The van der Waals surface area contributed by atoms with Crippen molar-refractivity contribution in [3.05, 3.63) is 54.0 Å². The van der Waals surface area contributed by atoms with Crippen LogP contribution in [0.1, 0.15) is 30.1 Å². The normalized spacial score (nSPS) is 14.2. The van der Waals surface area contributed by atoms with Crippen LogP contribution in [0, 0.1) is 0 Å². The highest BCUT2D eigenvalue weighted by Gasteiger charge is 2.28. The van der Waals surface area contributed by atoms with Gasteiger partial charge in [-0.3, -0.25) is 9.89 Å². The van der Waals surface area contributed by atoms with Crippen molar-refractivity contribution in [2.45, 2.75) is 25.2 Å². The second kappa shape index (κ2) is 5.69. The molecule has 2 N–H and O–H groups in total. The molecule has 2 heterocycles. The van der Waals surface area contributed by atoms with E-state index in [4.69, 9.17) is 4.98 Å². The lowest BCUT2D eigenvalue weighted by Crippen LogP contribution is -2.14. The van der Waals surface area contributed by atoms with Gasteiger partial charge in [-0.1, -0.05) is 6.07 Å². The van der Waals surface area contributed by atoms with Crippen LogP contribution >= 0.6 is 0 Å². The zero-order chi connectivity index (χ0) is 17.7. The highest BCUT2D eigenvalue weighted by atomic mass is 16.1. The largest absolute Gasteiger partial charge is 0.331 e. The number of aromatic nitrogens is 4. The number of fused-ring (bicyclic) bond motifs is 2. The smallest absolute Gasteiger partial charge is 0.228 e. The summed E-state index contributed by atoms with van der Waals surface area (Å²) in [5.41, 5.74) is 4.74. The lowest BCUT2D eigenvalue weighted by atomic mass is 10.1. The number of nitrogens with zero attached hydrogens (tertiary/aromatic N) is 3. The van der Waals surface area contributed by atoms with E-state index in [1.54, 1.807) is 6.20 Å². The van der Waals surface area contributed by atoms with Crippen molar-refractivity contribution in [1.82, 2.24) is 19.7 Å². The molecule has 130 valence electrons. The molecule has 2 aromatic heterocycles. The van der Waals surface area contributed by atoms with Gasteiger partial charge in [-0.25, -0.2) is 4.98 Å². The highest BCUT2D eigenvalue weighted by molar-refractivity contribution is 5.95. The first-order valence-corrected chi connectivity index (χ1v) is 8.85. The third-order valence-corrected chi connectivity index (χ3v) is 5.01. The van der Waals surface area contributed by atoms with E-state index in [-0.39, 0.29) is 5.91 Å². The minimum Gasteiger partial charge on any atom is -0.331 e. The summed E-state index contributed by atoms with van der Waals surface area (Å²) in [6.45, 7) is 0. The molecule has 0 spiro atoms. The minimum absolute atomic E-state index is 0.0402. The van der Waals surface area contributed by atoms with Crippen LogP contribution in [0.3, 0.4) is 0 Å². The number of nitrogens with one attached hydrogen (secondary N) is 2. The third kappa shape index (κ3) is 2.63. The molecular formula is C20H19N5O. The van der Waals surface area contributed by atoms with E-state index in [0.29, 0.717) is 12.3 Å². The number of amides is 1. The SMILES string of the molecule is Cn1c(C2CC2)nc2cc(CC(=O)Nc3ccc4cn[nH]c4c3)ccc21. The predicted molar refractivity (Wildman–Crippen MR) is 101 cm³/mol. The average molecular weight is 345 g/mol. The second-order valence-electron chi connectivity index (χ2n) is 7.02. The number of imidazole rings is 1. The van der Waals surface area contributed by atoms with E-state index in [0.717, 1.165) is 39.0 Å². The maximum absolute atomic E-state index is 12.4. The number of carbonyl (C=O) groups excluding carboxylic acids is 1. The van der Waals surface area contributed by atoms with Crippen LogP contribution in [-0.4, -0.2) is 25.7 Å². The molecule has 1 amide bonds. The summed E-state index contributed by atoms with van der Waals surface area (Å²) in [5, 5.41) is 10.9. The summed E-state index contributed by atoms with van der Waals surface area (Å²) >= 11 is 0. The van der Waals surface area contributed by atoms with Gasteiger partial charge in [0.15, 0.2) is 0 Å². The fourth-order valence-corrected chi connectivity index (χ4v) is 3.49. The van der Waals surface area contributed by atoms with Gasteiger partial charge in [0.25, 0.3) is 0 Å². The Morgan fingerprint density at radius 3 is 3.00 bits per heavy atom. The maximum atomic E-state index is 12.4. The molecule has 5 rings (SSSR count). The lowest BCUT2D eigenvalue weighted by Gasteiger charge is -2.06. The van der Waals surface area contributed by atoms with Gasteiger partial charge in [0.1, 0.15) is 5.82 Å². The first-order chi connectivity index (χ1) is 12.7. The average Bonchev–Trinajstić information content (AvgIpc) is 3.27. The van der Waals surface area contributed by atoms with Gasteiger partial charge < -0.3 is 9.88 Å². The van der Waals surface area contributed by atoms with Crippen LogP contribution in [0.5, 0.6) is 0 Å². The molecule has 1 aliphatic carbocycles. The molecule has 26 heavy (non-hydrogen) atoms. The number of aromatic amines is 1. The van der Waals surface area contributed by atoms with Crippen LogP contribution in [0.4, 0.5) is 5.69 Å². The van der Waals surface area contributed by atoms with Crippen molar-refractivity contribution in [3.63, 3.8) is 0 Å². The molecule has 4 aromatic rings. The molecule has 0 aliphatic heterocycles. The Morgan fingerprint density at radius 2 is 2.15 bits per heavy atom. The number of hydrogen-bond donors (Lipinski definition) is 2. The van der Waals surface area contributed by atoms with E-state index in [1.165, 1.54) is 12.8 Å². The number of aryl methyl sites for hydroxylation is 1. The summed E-state index contributed by atoms with van der Waals surface area (Å²) in [5.74, 6) is 1.73. The molecule has 0 unspecified atom stereocenters. The van der Waals surface area contributed by atoms with Crippen molar-refractivity contribution in [2.24, 2.45) is 7.05 Å². The van der Waals surface area contributed by atoms with Gasteiger partial charge in [0.05, 0.1) is 29.2 Å². The Kier molecular flexibility index (Phi) is 3.31. The number of carbonyl (C=O) groups is 1. The Hall–Kier alpha value is -3.15. The van der Waals surface area contributed by atoms with Crippen LogP contribution in [0.2, 0.25) is 0 Å². The number of hydrogen-bond acceptors (Lipinski definition) is 3. The maximum Gasteiger partial charge on any atom is 0.228 e. The van der Waals surface area contributed by atoms with E-state index in [2.05, 4.69) is 33.2 Å². The first kappa shape index (κ1) is 15.1. The number of rotatable bonds is 4. The van der Waals surface area contributed by atoms with Crippen molar-refractivity contribution in [1.29, 1.82) is 0 Å². The van der Waals surface area contributed by atoms with Crippen LogP contribution in [0.25, 0.3) is 21.9 Å². The van der Waals surface area contributed by atoms with Crippen molar-refractivity contribution in [3.8, 4) is 0 Å². The monoisotopic (exact) mass is 345 g/mol. The Bertz CT molecular complexity index is 1140. The van der Waals surface area contributed by atoms with E-state index in [9.17, 15) is 4.79 Å². The minimum atomic E-state index is -0.0402. The number of benzene rings is 2. The van der Waals surface area contributed by atoms with Gasteiger partial charge >= 0.3 is 0 Å². The summed E-state index contributed by atoms with van der Waals surface area (Å²) in [7, 11) is 2.07. The fourth-order valence-electron chi connectivity index (χ4n) is 3.49. The molecular weight excluding hydrogens is 326 g/mol. The topological polar surface area (TPSA) is 75.6 Å². The Balaban J connectivity index is 1.35. The van der Waals surface area contributed by atoms with Crippen molar-refractivity contribution in [2.75, 3.05) is 5.32 Å². The molecule has 6 nitrogen and oxygen atoms in total. The van der Waals surface area contributed by atoms with Gasteiger partial charge in [-0.05, 0) is 48.7 Å². The van der Waals surface area contributed by atoms with Gasteiger partial charge in [-0.2, -0.15) is 5.10 Å². The summed E-state index contributed by atoms with van der Waals surface area (Å²) in [4.78, 5) is 17.2. The second-order valence-corrected chi connectivity index (χ2v) is 7.02. The molecule has 0 radical (unpaired) electrons. The van der Waals surface area contributed by atoms with E-state index in [1.807, 2.05) is 30.3 Å². The fraction of sp³-hybridized carbons (Fsp3) is 0.250. The van der Waals surface area contributed by atoms with Crippen LogP contribution < -0.4 is 5.32 Å². The van der Waals surface area contributed by atoms with Crippen LogP contribution in [0.15, 0.2) is 42.6 Å². The molecule has 1 saturated carbocycles. The summed E-state index contributed by atoms with van der Waals surface area (Å²) < 4.78 is 2.18. The van der Waals surface area contributed by atoms with Crippen LogP contribution in [-0.2, 0) is 18.3 Å². The lowest BCUT2D eigenvalue weighted by molar-refractivity contribution is -0.115. The predicted octanol–water partition coefficient (Wildman–Crippen LogP) is 3.51. The number of H-pyrrole nitrogens is 1. The molecule has 1 aliphatic rings. The highest BCUT2D eigenvalue weighted by Crippen LogP contribution is 2.40. The zero-order valence-electron chi connectivity index (χ0n) is 14.5. The summed E-state index contributed by atoms with van der Waals surface area (Å²) in [6.07, 6.45) is 4.55. The molecule has 1 fully saturated rings. The Labute approximate surface area is 150 Å². The van der Waals surface area contributed by atoms with E-state index < -0.39 is 0 Å². The van der Waals surface area contributed by atoms with Crippen molar-refractivity contribution >= 4 is 33.5 Å². The molecule has 0 saturated heterocycles. The molecule has 2 aromatic carbocycles. The molecule has 0 bridgehead atoms. The van der Waals surface area contributed by atoms with Crippen molar-refractivity contribution < 1.29 is 4.79 Å². The molecule has 0 atom stereocenters. The first-order valence-electron chi connectivity index (χ1n) is 8.85. The van der Waals surface area contributed by atoms with E-state index >= 15 is 0 Å². The van der Waals surface area contributed by atoms with Gasteiger partial charge in [0, 0.05) is 24.0 Å². The third-order valence-electron chi connectivity index (χ3n) is 5.01. The quantitative estimate of drug-likeness (QED) is 0.594.